The first-order valence-electron chi connectivity index (χ1n) is 7.76. The average molecular weight is 288 g/mol. The zero-order chi connectivity index (χ0) is 15.8. The Morgan fingerprint density at radius 3 is 2.19 bits per heavy atom. The second-order valence-electron chi connectivity index (χ2n) is 5.94. The summed E-state index contributed by atoms with van der Waals surface area (Å²) < 4.78 is 0. The van der Waals surface area contributed by atoms with Gasteiger partial charge in [-0.2, -0.15) is 0 Å². The van der Waals surface area contributed by atoms with Crippen LogP contribution in [0.4, 0.5) is 0 Å². The molecule has 0 amide bonds. The molecule has 21 heavy (non-hydrogen) atoms. The van der Waals surface area contributed by atoms with Gasteiger partial charge in [-0.1, -0.05) is 36.6 Å². The van der Waals surface area contributed by atoms with Crippen LogP contribution < -0.4 is 0 Å². The molecule has 0 spiro atoms. The minimum atomic E-state index is 0.201. The molecule has 116 valence electrons. The van der Waals surface area contributed by atoms with Crippen molar-refractivity contribution in [2.24, 2.45) is 0 Å². The molecule has 0 aliphatic rings. The van der Waals surface area contributed by atoms with Gasteiger partial charge >= 0.3 is 0 Å². The third kappa shape index (κ3) is 6.07. The van der Waals surface area contributed by atoms with E-state index in [-0.39, 0.29) is 11.5 Å². The zero-order valence-corrected chi connectivity index (χ0v) is 13.7. The summed E-state index contributed by atoms with van der Waals surface area (Å²) in [6.45, 7) is 8.39. The van der Waals surface area contributed by atoms with Crippen molar-refractivity contribution in [1.82, 2.24) is 0 Å². The van der Waals surface area contributed by atoms with E-state index in [1.807, 2.05) is 0 Å². The summed E-state index contributed by atoms with van der Waals surface area (Å²) in [6.07, 6.45) is 8.82. The molecule has 0 unspecified atom stereocenters. The molecule has 0 aromatic heterocycles. The number of hydrogen-bond acceptors (Lipinski definition) is 2. The van der Waals surface area contributed by atoms with Gasteiger partial charge < -0.3 is 10.2 Å². The fourth-order valence-electron chi connectivity index (χ4n) is 2.31. The van der Waals surface area contributed by atoms with Crippen LogP contribution in [-0.4, -0.2) is 10.2 Å². The van der Waals surface area contributed by atoms with E-state index in [9.17, 15) is 10.2 Å². The lowest BCUT2D eigenvalue weighted by molar-refractivity contribution is 0.439. The Balaban J connectivity index is 2.72. The van der Waals surface area contributed by atoms with E-state index >= 15 is 0 Å². The topological polar surface area (TPSA) is 40.5 Å². The van der Waals surface area contributed by atoms with Gasteiger partial charge in [0.2, 0.25) is 0 Å². The number of phenolic OH excluding ortho intramolecular Hbond substituents is 2. The molecule has 1 aromatic carbocycles. The van der Waals surface area contributed by atoms with E-state index in [4.69, 9.17) is 0 Å². The maximum Gasteiger partial charge on any atom is 0.123 e. The van der Waals surface area contributed by atoms with Crippen LogP contribution in [-0.2, 0) is 12.8 Å². The maximum absolute atomic E-state index is 10.1. The second-order valence-corrected chi connectivity index (χ2v) is 5.94. The lowest BCUT2D eigenvalue weighted by atomic mass is 10.0. The SMILES string of the molecule is CCCc1cc(O)c(CC=C(C)CCC=C(C)C)c(O)c1. The highest BCUT2D eigenvalue weighted by Crippen LogP contribution is 2.30. The van der Waals surface area contributed by atoms with Gasteiger partial charge in [-0.3, -0.25) is 0 Å². The van der Waals surface area contributed by atoms with Gasteiger partial charge in [0, 0.05) is 5.56 Å². The number of phenols is 2. The van der Waals surface area contributed by atoms with Crippen LogP contribution in [0, 0.1) is 0 Å². The quantitative estimate of drug-likeness (QED) is 0.670. The van der Waals surface area contributed by atoms with Crippen LogP contribution in [0.15, 0.2) is 35.4 Å². The van der Waals surface area contributed by atoms with Crippen LogP contribution >= 0.6 is 0 Å². The van der Waals surface area contributed by atoms with Crippen LogP contribution in [0.5, 0.6) is 11.5 Å². The zero-order valence-electron chi connectivity index (χ0n) is 13.7. The highest BCUT2D eigenvalue weighted by atomic mass is 16.3. The van der Waals surface area contributed by atoms with Crippen molar-refractivity contribution in [3.8, 4) is 11.5 Å². The van der Waals surface area contributed by atoms with Crippen molar-refractivity contribution < 1.29 is 10.2 Å². The first-order chi connectivity index (χ1) is 9.93. The summed E-state index contributed by atoms with van der Waals surface area (Å²) in [4.78, 5) is 0. The van der Waals surface area contributed by atoms with Crippen LogP contribution in [0.2, 0.25) is 0 Å². The summed E-state index contributed by atoms with van der Waals surface area (Å²) in [5.74, 6) is 0.401. The fraction of sp³-hybridized carbons (Fsp3) is 0.474. The molecule has 2 N–H and O–H groups in total. The summed E-state index contributed by atoms with van der Waals surface area (Å²) in [5, 5.41) is 20.1. The molecule has 2 nitrogen and oxygen atoms in total. The summed E-state index contributed by atoms with van der Waals surface area (Å²) >= 11 is 0. The van der Waals surface area contributed by atoms with Gasteiger partial charge in [0.15, 0.2) is 0 Å². The first-order valence-corrected chi connectivity index (χ1v) is 7.76. The maximum atomic E-state index is 10.1. The molecule has 0 bridgehead atoms. The van der Waals surface area contributed by atoms with Gasteiger partial charge in [-0.25, -0.2) is 0 Å². The number of rotatable bonds is 7. The number of hydrogen-bond donors (Lipinski definition) is 2. The normalized spacial score (nSPS) is 11.5. The second kappa shape index (κ2) is 8.56. The molecule has 0 aliphatic heterocycles. The molecule has 0 fully saturated rings. The van der Waals surface area contributed by atoms with Crippen molar-refractivity contribution in [2.45, 2.75) is 59.8 Å². The lowest BCUT2D eigenvalue weighted by Gasteiger charge is -2.09. The predicted molar refractivity (Wildman–Crippen MR) is 89.9 cm³/mol. The highest BCUT2D eigenvalue weighted by Gasteiger charge is 2.08. The van der Waals surface area contributed by atoms with Gasteiger partial charge in [0.1, 0.15) is 11.5 Å². The molecule has 1 aromatic rings. The van der Waals surface area contributed by atoms with E-state index in [1.54, 1.807) is 12.1 Å². The number of allylic oxidation sites excluding steroid dienone is 4. The van der Waals surface area contributed by atoms with Crippen LogP contribution in [0.25, 0.3) is 0 Å². The van der Waals surface area contributed by atoms with Crippen LogP contribution in [0.3, 0.4) is 0 Å². The molecule has 0 radical (unpaired) electrons. The summed E-state index contributed by atoms with van der Waals surface area (Å²) in [7, 11) is 0. The Kier molecular flexibility index (Phi) is 7.07. The first kappa shape index (κ1) is 17.4. The van der Waals surface area contributed by atoms with Gasteiger partial charge in [-0.15, -0.1) is 0 Å². The molecule has 0 saturated heterocycles. The van der Waals surface area contributed by atoms with E-state index in [0.29, 0.717) is 12.0 Å². The highest BCUT2D eigenvalue weighted by molar-refractivity contribution is 5.47. The smallest absolute Gasteiger partial charge is 0.123 e. The standard InChI is InChI=1S/C19H28O2/c1-5-7-16-12-18(20)17(19(21)13-16)11-10-15(4)9-6-8-14(2)3/h8,10,12-13,20-21H,5-7,9,11H2,1-4H3. The Hall–Kier alpha value is -1.70. The Bertz CT molecular complexity index is 497. The Morgan fingerprint density at radius 1 is 1.05 bits per heavy atom. The molecular formula is C19H28O2. The third-order valence-electron chi connectivity index (χ3n) is 3.55. The molecule has 0 heterocycles. The van der Waals surface area contributed by atoms with E-state index in [1.165, 1.54) is 11.1 Å². The average Bonchev–Trinajstić information content (AvgIpc) is 2.37. The van der Waals surface area contributed by atoms with Crippen molar-refractivity contribution in [3.05, 3.63) is 46.6 Å². The lowest BCUT2D eigenvalue weighted by Crippen LogP contribution is -1.90. The molecule has 0 aliphatic carbocycles. The number of benzene rings is 1. The number of aromatic hydroxyl groups is 2. The van der Waals surface area contributed by atoms with Gasteiger partial charge in [0.05, 0.1) is 0 Å². The van der Waals surface area contributed by atoms with E-state index < -0.39 is 0 Å². The molecular weight excluding hydrogens is 260 g/mol. The van der Waals surface area contributed by atoms with E-state index in [2.05, 4.69) is 39.8 Å². The molecule has 0 atom stereocenters. The van der Waals surface area contributed by atoms with Crippen molar-refractivity contribution in [1.29, 1.82) is 0 Å². The Morgan fingerprint density at radius 2 is 1.67 bits per heavy atom. The molecule has 2 heteroatoms. The van der Waals surface area contributed by atoms with E-state index in [0.717, 1.165) is 31.2 Å². The Labute approximate surface area is 128 Å². The van der Waals surface area contributed by atoms with Crippen molar-refractivity contribution in [2.75, 3.05) is 0 Å². The molecule has 0 saturated carbocycles. The fourth-order valence-corrected chi connectivity index (χ4v) is 2.31. The largest absolute Gasteiger partial charge is 0.508 e. The summed E-state index contributed by atoms with van der Waals surface area (Å²) in [6, 6.07) is 3.54. The summed E-state index contributed by atoms with van der Waals surface area (Å²) in [5.41, 5.74) is 4.23. The minimum absolute atomic E-state index is 0.201. The van der Waals surface area contributed by atoms with Crippen molar-refractivity contribution >= 4 is 0 Å². The van der Waals surface area contributed by atoms with Crippen molar-refractivity contribution in [3.63, 3.8) is 0 Å². The van der Waals surface area contributed by atoms with Gasteiger partial charge in [0.25, 0.3) is 0 Å². The third-order valence-corrected chi connectivity index (χ3v) is 3.55. The van der Waals surface area contributed by atoms with Gasteiger partial charge in [-0.05, 0) is 64.2 Å². The monoisotopic (exact) mass is 288 g/mol. The number of aryl methyl sites for hydroxylation is 1. The molecule has 1 rings (SSSR count). The van der Waals surface area contributed by atoms with Crippen LogP contribution in [0.1, 0.15) is 58.1 Å². The minimum Gasteiger partial charge on any atom is -0.508 e. The predicted octanol–water partition coefficient (Wildman–Crippen LogP) is 5.29.